The summed E-state index contributed by atoms with van der Waals surface area (Å²) >= 11 is 0. The van der Waals surface area contributed by atoms with Gasteiger partial charge in [-0.05, 0) is 43.4 Å². The third kappa shape index (κ3) is 5.48. The highest BCUT2D eigenvalue weighted by Gasteiger charge is 2.36. The molecule has 2 aromatic rings. The Balaban J connectivity index is 1.27. The average Bonchev–Trinajstić information content (AvgIpc) is 3.69. The molecule has 2 aliphatic heterocycles. The molecule has 10 nitrogen and oxygen atoms in total. The van der Waals surface area contributed by atoms with E-state index in [1.807, 2.05) is 21.9 Å². The molecule has 3 heterocycles. The van der Waals surface area contributed by atoms with Crippen LogP contribution < -0.4 is 26.0 Å². The number of piperidine rings is 1. The number of hydrogen-bond donors (Lipinski definition) is 3. The second kappa shape index (κ2) is 9.84. The van der Waals surface area contributed by atoms with Gasteiger partial charge in [-0.25, -0.2) is 14.4 Å². The smallest absolute Gasteiger partial charge is 0.262 e. The minimum Gasteiger partial charge on any atom is -0.482 e. The summed E-state index contributed by atoms with van der Waals surface area (Å²) < 4.78 is 36.4. The van der Waals surface area contributed by atoms with Crippen LogP contribution in [0.5, 0.6) is 5.75 Å². The molecule has 3 aliphatic rings. The van der Waals surface area contributed by atoms with Crippen LogP contribution in [0.1, 0.15) is 31.2 Å². The molecule has 12 heteroatoms. The molecule has 0 bridgehead atoms. The Morgan fingerprint density at radius 3 is 2.81 bits per heavy atom. The predicted octanol–water partition coefficient (Wildman–Crippen LogP) is 1.82. The van der Waals surface area contributed by atoms with Crippen molar-refractivity contribution in [1.82, 2.24) is 14.9 Å². The van der Waals surface area contributed by atoms with Crippen molar-refractivity contribution in [2.75, 3.05) is 48.3 Å². The molecule has 2 amide bonds. The molecule has 5 rings (SSSR count). The minimum atomic E-state index is -1.54. The Morgan fingerprint density at radius 1 is 1.31 bits per heavy atom. The van der Waals surface area contributed by atoms with Crippen LogP contribution >= 0.6 is 0 Å². The number of nitrogens with zero attached hydrogens (tertiary/aromatic N) is 4. The van der Waals surface area contributed by atoms with Gasteiger partial charge in [0.2, 0.25) is 11.7 Å². The number of nitrogens with one attached hydrogen (secondary N) is 2. The van der Waals surface area contributed by atoms with Crippen molar-refractivity contribution in [3.05, 3.63) is 35.9 Å². The highest BCUT2D eigenvalue weighted by Crippen LogP contribution is 2.36. The summed E-state index contributed by atoms with van der Waals surface area (Å²) in [4.78, 5) is 34.6. The van der Waals surface area contributed by atoms with E-state index >= 15 is 8.78 Å². The van der Waals surface area contributed by atoms with Crippen LogP contribution in [0.2, 0.25) is 0 Å². The number of fused-ring (bicyclic) bond motifs is 1. The van der Waals surface area contributed by atoms with Gasteiger partial charge in [0.1, 0.15) is 17.7 Å². The SMILES string of the molecule is NC(=O)CN1CCC(F)(CNc2ncnc(N(Cc3ccc4c(c3)OCC(=O)N4)C3CC3)c2F)CC1. The summed E-state index contributed by atoms with van der Waals surface area (Å²) in [5, 5.41) is 5.60. The topological polar surface area (TPSA) is 126 Å². The van der Waals surface area contributed by atoms with Crippen LogP contribution in [-0.4, -0.2) is 71.2 Å². The van der Waals surface area contributed by atoms with Crippen molar-refractivity contribution in [2.24, 2.45) is 5.73 Å². The number of benzene rings is 1. The summed E-state index contributed by atoms with van der Waals surface area (Å²) in [5.41, 5.74) is 5.17. The van der Waals surface area contributed by atoms with Crippen molar-refractivity contribution < 1.29 is 23.1 Å². The number of hydrogen-bond acceptors (Lipinski definition) is 8. The molecule has 0 radical (unpaired) electrons. The number of anilines is 3. The molecule has 0 unspecified atom stereocenters. The van der Waals surface area contributed by atoms with Crippen molar-refractivity contribution in [3.63, 3.8) is 0 Å². The lowest BCUT2D eigenvalue weighted by molar-refractivity contribution is -0.120. The Hall–Kier alpha value is -3.54. The fourth-order valence-electron chi connectivity index (χ4n) is 4.61. The third-order valence-corrected chi connectivity index (χ3v) is 6.77. The summed E-state index contributed by atoms with van der Waals surface area (Å²) in [6.45, 7) is 1.17. The first-order chi connectivity index (χ1) is 17.3. The lowest BCUT2D eigenvalue weighted by Crippen LogP contribution is -2.47. The first-order valence-corrected chi connectivity index (χ1v) is 12.1. The summed E-state index contributed by atoms with van der Waals surface area (Å²) in [6.07, 6.45) is 3.53. The van der Waals surface area contributed by atoms with E-state index in [-0.39, 0.29) is 56.1 Å². The van der Waals surface area contributed by atoms with Crippen LogP contribution in [0.4, 0.5) is 26.1 Å². The lowest BCUT2D eigenvalue weighted by atomic mass is 9.93. The highest BCUT2D eigenvalue weighted by molar-refractivity contribution is 5.95. The quantitative estimate of drug-likeness (QED) is 0.475. The van der Waals surface area contributed by atoms with Gasteiger partial charge < -0.3 is 26.0 Å². The van der Waals surface area contributed by atoms with Gasteiger partial charge in [-0.1, -0.05) is 6.07 Å². The van der Waals surface area contributed by atoms with Gasteiger partial charge in [0.05, 0.1) is 18.8 Å². The second-order valence-electron chi connectivity index (χ2n) is 9.63. The fourth-order valence-corrected chi connectivity index (χ4v) is 4.61. The monoisotopic (exact) mass is 501 g/mol. The summed E-state index contributed by atoms with van der Waals surface area (Å²) in [7, 11) is 0. The number of amides is 2. The fraction of sp³-hybridized carbons (Fsp3) is 0.500. The number of nitrogens with two attached hydrogens (primary N) is 1. The zero-order chi connectivity index (χ0) is 25.3. The molecule has 36 heavy (non-hydrogen) atoms. The van der Waals surface area contributed by atoms with E-state index in [9.17, 15) is 9.59 Å². The number of alkyl halides is 1. The van der Waals surface area contributed by atoms with Crippen LogP contribution in [-0.2, 0) is 16.1 Å². The van der Waals surface area contributed by atoms with Crippen LogP contribution in [0.25, 0.3) is 0 Å². The largest absolute Gasteiger partial charge is 0.482 e. The minimum absolute atomic E-state index is 0.0428. The van der Waals surface area contributed by atoms with Gasteiger partial charge in [-0.3, -0.25) is 14.5 Å². The molecule has 192 valence electrons. The molecule has 0 spiro atoms. The summed E-state index contributed by atoms with van der Waals surface area (Å²) in [5.74, 6) is -0.580. The number of aromatic nitrogens is 2. The highest BCUT2D eigenvalue weighted by atomic mass is 19.1. The Morgan fingerprint density at radius 2 is 2.08 bits per heavy atom. The van der Waals surface area contributed by atoms with Gasteiger partial charge in [0, 0.05) is 25.7 Å². The molecule has 1 saturated heterocycles. The molecular formula is C24H29F2N7O3. The lowest BCUT2D eigenvalue weighted by Gasteiger charge is -2.36. The molecule has 1 aromatic heterocycles. The van der Waals surface area contributed by atoms with E-state index in [0.29, 0.717) is 31.1 Å². The Bertz CT molecular complexity index is 1150. The third-order valence-electron chi connectivity index (χ3n) is 6.77. The molecule has 4 N–H and O–H groups in total. The zero-order valence-corrected chi connectivity index (χ0v) is 19.8. The van der Waals surface area contributed by atoms with Crippen molar-refractivity contribution in [3.8, 4) is 5.75 Å². The van der Waals surface area contributed by atoms with Crippen molar-refractivity contribution in [1.29, 1.82) is 0 Å². The summed E-state index contributed by atoms with van der Waals surface area (Å²) in [6, 6.07) is 5.60. The maximum Gasteiger partial charge on any atom is 0.262 e. The molecular weight excluding hydrogens is 472 g/mol. The second-order valence-corrected chi connectivity index (χ2v) is 9.63. The van der Waals surface area contributed by atoms with Crippen molar-refractivity contribution in [2.45, 2.75) is 43.9 Å². The maximum absolute atomic E-state index is 15.5. The first kappa shape index (κ1) is 24.2. The van der Waals surface area contributed by atoms with E-state index in [2.05, 4.69) is 20.6 Å². The van der Waals surface area contributed by atoms with E-state index in [1.54, 1.807) is 6.07 Å². The Labute approximate surface area is 207 Å². The van der Waals surface area contributed by atoms with Gasteiger partial charge in [-0.15, -0.1) is 0 Å². The van der Waals surface area contributed by atoms with Gasteiger partial charge in [0.15, 0.2) is 18.2 Å². The number of rotatable bonds is 9. The maximum atomic E-state index is 15.5. The molecule has 1 aromatic carbocycles. The zero-order valence-electron chi connectivity index (χ0n) is 19.8. The number of halogens is 2. The molecule has 0 atom stereocenters. The number of ether oxygens (including phenoxy) is 1. The van der Waals surface area contributed by atoms with Crippen LogP contribution in [0.15, 0.2) is 24.5 Å². The average molecular weight is 502 g/mol. The van der Waals surface area contributed by atoms with Crippen LogP contribution in [0, 0.1) is 5.82 Å². The van der Waals surface area contributed by atoms with Crippen molar-refractivity contribution >= 4 is 29.1 Å². The number of primary amides is 1. The van der Waals surface area contributed by atoms with Gasteiger partial charge in [-0.2, -0.15) is 4.39 Å². The molecule has 2 fully saturated rings. The van der Waals surface area contributed by atoms with E-state index in [1.165, 1.54) is 6.33 Å². The van der Waals surface area contributed by atoms with Crippen LogP contribution in [0.3, 0.4) is 0 Å². The number of likely N-dealkylation sites (tertiary alicyclic amines) is 1. The molecule has 1 saturated carbocycles. The van der Waals surface area contributed by atoms with E-state index in [0.717, 1.165) is 18.4 Å². The number of carbonyl (C=O) groups excluding carboxylic acids is 2. The van der Waals surface area contributed by atoms with Gasteiger partial charge in [0.25, 0.3) is 5.91 Å². The normalized spacial score (nSPS) is 19.1. The predicted molar refractivity (Wildman–Crippen MR) is 129 cm³/mol. The Kier molecular flexibility index (Phi) is 6.61. The van der Waals surface area contributed by atoms with Gasteiger partial charge >= 0.3 is 0 Å². The van der Waals surface area contributed by atoms with E-state index < -0.39 is 17.4 Å². The van der Waals surface area contributed by atoms with E-state index in [4.69, 9.17) is 10.5 Å². The molecule has 1 aliphatic carbocycles. The standard InChI is InChI=1S/C24H29F2N7O3/c25-21-22(28-13-24(26)5-7-32(8-6-24)11-19(27)34)29-14-30-23(21)33(16-2-3-16)10-15-1-4-17-18(9-15)36-12-20(35)31-17/h1,4,9,14,16H,2-3,5-8,10-13H2,(H2,27,34)(H,31,35)(H,28,29,30). The number of carbonyl (C=O) groups is 2. The first-order valence-electron chi connectivity index (χ1n) is 12.1.